The highest BCUT2D eigenvalue weighted by atomic mass is 16.5. The van der Waals surface area contributed by atoms with E-state index < -0.39 is 0 Å². The second-order valence-electron chi connectivity index (χ2n) is 5.81. The quantitative estimate of drug-likeness (QED) is 0.879. The maximum absolute atomic E-state index is 9.51. The molecule has 1 aliphatic heterocycles. The highest BCUT2D eigenvalue weighted by Gasteiger charge is 2.21. The van der Waals surface area contributed by atoms with Gasteiger partial charge in [-0.3, -0.25) is 0 Å². The first kappa shape index (κ1) is 12.8. The Morgan fingerprint density at radius 3 is 2.84 bits per heavy atom. The number of rotatable bonds is 3. The van der Waals surface area contributed by atoms with Crippen LogP contribution in [0.15, 0.2) is 18.2 Å². The van der Waals surface area contributed by atoms with Gasteiger partial charge in [0.15, 0.2) is 0 Å². The lowest BCUT2D eigenvalue weighted by Gasteiger charge is -2.29. The van der Waals surface area contributed by atoms with Gasteiger partial charge in [-0.15, -0.1) is 0 Å². The number of phenols is 1. The van der Waals surface area contributed by atoms with Crippen LogP contribution < -0.4 is 10.1 Å². The second-order valence-corrected chi connectivity index (χ2v) is 5.81. The van der Waals surface area contributed by atoms with Crippen LogP contribution in [-0.4, -0.2) is 23.8 Å². The predicted octanol–water partition coefficient (Wildman–Crippen LogP) is 3.01. The maximum atomic E-state index is 9.51. The molecule has 3 heteroatoms. The third-order valence-electron chi connectivity index (χ3n) is 4.32. The summed E-state index contributed by atoms with van der Waals surface area (Å²) >= 11 is 0. The van der Waals surface area contributed by atoms with E-state index in [2.05, 4.69) is 5.32 Å². The van der Waals surface area contributed by atoms with E-state index in [0.717, 1.165) is 25.1 Å². The summed E-state index contributed by atoms with van der Waals surface area (Å²) in [6, 6.07) is 6.13. The molecule has 3 rings (SSSR count). The smallest absolute Gasteiger partial charge is 0.126 e. The van der Waals surface area contributed by atoms with Crippen LogP contribution >= 0.6 is 0 Å². The van der Waals surface area contributed by atoms with E-state index in [1.807, 2.05) is 6.07 Å². The standard InChI is InChI=1S/C16H23NO2/c18-14-8-6-12-7-9-15(19-16(12)10-14)11-17-13-4-2-1-3-5-13/h6,8,10,13,15,17-18H,1-5,7,9,11H2/t15-/m1/s1. The zero-order valence-electron chi connectivity index (χ0n) is 11.4. The fourth-order valence-electron chi connectivity index (χ4n) is 3.16. The first-order chi connectivity index (χ1) is 9.31. The Morgan fingerprint density at radius 2 is 2.00 bits per heavy atom. The first-order valence-electron chi connectivity index (χ1n) is 7.53. The highest BCUT2D eigenvalue weighted by Crippen LogP contribution is 2.30. The van der Waals surface area contributed by atoms with Crippen molar-refractivity contribution < 1.29 is 9.84 Å². The molecular weight excluding hydrogens is 238 g/mol. The number of hydrogen-bond acceptors (Lipinski definition) is 3. The summed E-state index contributed by atoms with van der Waals surface area (Å²) in [5.74, 6) is 1.15. The van der Waals surface area contributed by atoms with Crippen LogP contribution in [0.25, 0.3) is 0 Å². The average Bonchev–Trinajstić information content (AvgIpc) is 2.46. The molecule has 2 N–H and O–H groups in total. The van der Waals surface area contributed by atoms with Crippen LogP contribution in [0.3, 0.4) is 0 Å². The normalized spacial score (nSPS) is 23.7. The molecule has 1 heterocycles. The molecule has 2 aliphatic rings. The molecule has 0 saturated heterocycles. The molecule has 0 bridgehead atoms. The van der Waals surface area contributed by atoms with E-state index in [4.69, 9.17) is 4.74 Å². The van der Waals surface area contributed by atoms with E-state index in [1.54, 1.807) is 12.1 Å². The molecule has 1 saturated carbocycles. The molecule has 0 unspecified atom stereocenters. The van der Waals surface area contributed by atoms with E-state index in [9.17, 15) is 5.11 Å². The molecule has 19 heavy (non-hydrogen) atoms. The summed E-state index contributed by atoms with van der Waals surface area (Å²) in [6.45, 7) is 0.930. The minimum Gasteiger partial charge on any atom is -0.508 e. The summed E-state index contributed by atoms with van der Waals surface area (Å²) in [5, 5.41) is 13.2. The molecule has 1 atom stereocenters. The van der Waals surface area contributed by atoms with Gasteiger partial charge >= 0.3 is 0 Å². The Bertz CT molecular complexity index is 427. The largest absolute Gasteiger partial charge is 0.508 e. The van der Waals surface area contributed by atoms with Crippen LogP contribution in [0.1, 0.15) is 44.1 Å². The molecule has 104 valence electrons. The zero-order chi connectivity index (χ0) is 13.1. The third kappa shape index (κ3) is 3.21. The molecule has 0 radical (unpaired) electrons. The van der Waals surface area contributed by atoms with Gasteiger partial charge in [-0.1, -0.05) is 25.3 Å². The van der Waals surface area contributed by atoms with Gasteiger partial charge in [0.25, 0.3) is 0 Å². The van der Waals surface area contributed by atoms with Crippen molar-refractivity contribution in [3.05, 3.63) is 23.8 Å². The Labute approximate surface area is 115 Å². The number of aromatic hydroxyl groups is 1. The van der Waals surface area contributed by atoms with Crippen molar-refractivity contribution in [2.24, 2.45) is 0 Å². The molecule has 1 aromatic rings. The van der Waals surface area contributed by atoms with Gasteiger partial charge in [0.05, 0.1) is 0 Å². The third-order valence-corrected chi connectivity index (χ3v) is 4.32. The van der Waals surface area contributed by atoms with Crippen LogP contribution in [0.4, 0.5) is 0 Å². The Morgan fingerprint density at radius 1 is 1.16 bits per heavy atom. The Kier molecular flexibility index (Phi) is 3.92. The van der Waals surface area contributed by atoms with Crippen molar-refractivity contribution in [3.8, 4) is 11.5 Å². The van der Waals surface area contributed by atoms with Crippen LogP contribution in [-0.2, 0) is 6.42 Å². The van der Waals surface area contributed by atoms with Gasteiger partial charge in [-0.25, -0.2) is 0 Å². The van der Waals surface area contributed by atoms with E-state index in [0.29, 0.717) is 11.8 Å². The number of ether oxygens (including phenoxy) is 1. The van der Waals surface area contributed by atoms with Gasteiger partial charge in [0.2, 0.25) is 0 Å². The maximum Gasteiger partial charge on any atom is 0.126 e. The SMILES string of the molecule is Oc1ccc2c(c1)O[C@@H](CNC1CCCCC1)CC2. The molecule has 1 fully saturated rings. The van der Waals surface area contributed by atoms with Gasteiger partial charge in [0, 0.05) is 18.7 Å². The van der Waals surface area contributed by atoms with Crippen LogP contribution in [0, 0.1) is 0 Å². The fraction of sp³-hybridized carbons (Fsp3) is 0.625. The van der Waals surface area contributed by atoms with Crippen LogP contribution in [0.5, 0.6) is 11.5 Å². The van der Waals surface area contributed by atoms with Crippen molar-refractivity contribution in [2.45, 2.75) is 57.1 Å². The number of aryl methyl sites for hydroxylation is 1. The van der Waals surface area contributed by atoms with E-state index in [-0.39, 0.29) is 6.10 Å². The van der Waals surface area contributed by atoms with Gasteiger partial charge in [0.1, 0.15) is 17.6 Å². The topological polar surface area (TPSA) is 41.5 Å². The zero-order valence-corrected chi connectivity index (χ0v) is 11.4. The van der Waals surface area contributed by atoms with Gasteiger partial charge in [-0.2, -0.15) is 0 Å². The summed E-state index contributed by atoms with van der Waals surface area (Å²) < 4.78 is 5.98. The van der Waals surface area contributed by atoms with E-state index >= 15 is 0 Å². The molecular formula is C16H23NO2. The minimum atomic E-state index is 0.247. The lowest BCUT2D eigenvalue weighted by Crippen LogP contribution is -2.40. The summed E-state index contributed by atoms with van der Waals surface area (Å²) in [7, 11) is 0. The Hall–Kier alpha value is -1.22. The first-order valence-corrected chi connectivity index (χ1v) is 7.53. The second kappa shape index (κ2) is 5.83. The predicted molar refractivity (Wildman–Crippen MR) is 75.7 cm³/mol. The highest BCUT2D eigenvalue weighted by molar-refractivity contribution is 5.41. The molecule has 1 aromatic carbocycles. The van der Waals surface area contributed by atoms with E-state index in [1.165, 1.54) is 37.7 Å². The van der Waals surface area contributed by atoms with Gasteiger partial charge in [-0.05, 0) is 37.3 Å². The summed E-state index contributed by atoms with van der Waals surface area (Å²) in [4.78, 5) is 0. The lowest BCUT2D eigenvalue weighted by molar-refractivity contribution is 0.162. The number of benzene rings is 1. The molecule has 1 aliphatic carbocycles. The number of phenolic OH excluding ortho intramolecular Hbond substituents is 1. The fourth-order valence-corrected chi connectivity index (χ4v) is 3.16. The molecule has 0 spiro atoms. The number of hydrogen-bond donors (Lipinski definition) is 2. The minimum absolute atomic E-state index is 0.247. The number of fused-ring (bicyclic) bond motifs is 1. The Balaban J connectivity index is 1.53. The summed E-state index contributed by atoms with van der Waals surface area (Å²) in [5.41, 5.74) is 1.21. The van der Waals surface area contributed by atoms with Crippen molar-refractivity contribution in [2.75, 3.05) is 6.54 Å². The number of nitrogens with one attached hydrogen (secondary N) is 1. The summed E-state index contributed by atoms with van der Waals surface area (Å²) in [6.07, 6.45) is 9.10. The van der Waals surface area contributed by atoms with Gasteiger partial charge < -0.3 is 15.2 Å². The van der Waals surface area contributed by atoms with Crippen molar-refractivity contribution in [3.63, 3.8) is 0 Å². The molecule has 0 amide bonds. The lowest BCUT2D eigenvalue weighted by atomic mass is 9.95. The molecule has 3 nitrogen and oxygen atoms in total. The average molecular weight is 261 g/mol. The van der Waals surface area contributed by atoms with Crippen molar-refractivity contribution in [1.29, 1.82) is 0 Å². The van der Waals surface area contributed by atoms with Crippen molar-refractivity contribution in [1.82, 2.24) is 5.32 Å². The molecule has 0 aromatic heterocycles. The van der Waals surface area contributed by atoms with Crippen LogP contribution in [0.2, 0.25) is 0 Å². The monoisotopic (exact) mass is 261 g/mol. The van der Waals surface area contributed by atoms with Crippen molar-refractivity contribution >= 4 is 0 Å².